The van der Waals surface area contributed by atoms with Crippen molar-refractivity contribution in [1.82, 2.24) is 10.3 Å². The van der Waals surface area contributed by atoms with Crippen LogP contribution in [0.4, 0.5) is 8.78 Å². The molecule has 0 saturated carbocycles. The minimum Gasteiger partial charge on any atom is -0.481 e. The lowest BCUT2D eigenvalue weighted by molar-refractivity contribution is 0.397. The van der Waals surface area contributed by atoms with E-state index < -0.39 is 17.7 Å². The van der Waals surface area contributed by atoms with Crippen LogP contribution in [0, 0.1) is 18.6 Å². The first kappa shape index (κ1) is 15.4. The fraction of sp³-hybridized carbons (Fsp3) is 0.312. The Morgan fingerprint density at radius 2 is 2.00 bits per heavy atom. The molecule has 1 aromatic heterocycles. The maximum absolute atomic E-state index is 14.2. The summed E-state index contributed by atoms with van der Waals surface area (Å²) in [5.41, 5.74) is 1.36. The molecule has 1 N–H and O–H groups in total. The summed E-state index contributed by atoms with van der Waals surface area (Å²) < 4.78 is 33.2. The molecular formula is C16H18F2N2O. The maximum atomic E-state index is 14.2. The maximum Gasteiger partial charge on any atom is 0.212 e. The molecular weight excluding hydrogens is 274 g/mol. The van der Waals surface area contributed by atoms with E-state index in [-0.39, 0.29) is 5.56 Å². The zero-order valence-corrected chi connectivity index (χ0v) is 12.3. The Labute approximate surface area is 123 Å². The van der Waals surface area contributed by atoms with E-state index in [9.17, 15) is 8.78 Å². The molecule has 21 heavy (non-hydrogen) atoms. The second-order valence-corrected chi connectivity index (χ2v) is 4.85. The third kappa shape index (κ3) is 3.36. The second-order valence-electron chi connectivity index (χ2n) is 4.85. The molecule has 0 radical (unpaired) electrons. The first-order valence-electron chi connectivity index (χ1n) is 6.67. The lowest BCUT2D eigenvalue weighted by Crippen LogP contribution is -2.22. The van der Waals surface area contributed by atoms with Gasteiger partial charge in [-0.3, -0.25) is 0 Å². The molecule has 3 nitrogen and oxygen atoms in total. The topological polar surface area (TPSA) is 34.1 Å². The number of hydrogen-bond acceptors (Lipinski definition) is 3. The van der Waals surface area contributed by atoms with E-state index in [0.717, 1.165) is 5.56 Å². The molecule has 2 aromatic rings. The van der Waals surface area contributed by atoms with Crippen molar-refractivity contribution in [3.05, 3.63) is 58.8 Å². The Balaban J connectivity index is 2.29. The smallest absolute Gasteiger partial charge is 0.212 e. The summed E-state index contributed by atoms with van der Waals surface area (Å²) in [5.74, 6) is -0.539. The van der Waals surface area contributed by atoms with Gasteiger partial charge in [0, 0.05) is 23.9 Å². The van der Waals surface area contributed by atoms with Crippen LogP contribution in [0.5, 0.6) is 5.88 Å². The molecule has 1 atom stereocenters. The summed E-state index contributed by atoms with van der Waals surface area (Å²) in [6, 6.07) is 5.84. The molecule has 0 saturated heterocycles. The fourth-order valence-electron chi connectivity index (χ4n) is 2.23. The highest BCUT2D eigenvalue weighted by molar-refractivity contribution is 5.31. The number of nitrogens with one attached hydrogen (secondary N) is 1. The lowest BCUT2D eigenvalue weighted by atomic mass is 9.97. The predicted octanol–water partition coefficient (Wildman–Crippen LogP) is 3.18. The van der Waals surface area contributed by atoms with Crippen molar-refractivity contribution >= 4 is 0 Å². The highest BCUT2D eigenvalue weighted by Gasteiger charge is 2.20. The van der Waals surface area contributed by atoms with Crippen LogP contribution in [-0.4, -0.2) is 19.1 Å². The van der Waals surface area contributed by atoms with Crippen LogP contribution in [-0.2, 0) is 6.42 Å². The molecule has 1 unspecified atom stereocenters. The van der Waals surface area contributed by atoms with E-state index in [4.69, 9.17) is 4.74 Å². The average molecular weight is 292 g/mol. The number of pyridine rings is 1. The van der Waals surface area contributed by atoms with Crippen molar-refractivity contribution in [2.75, 3.05) is 14.2 Å². The Morgan fingerprint density at radius 3 is 2.57 bits per heavy atom. The quantitative estimate of drug-likeness (QED) is 0.919. The number of rotatable bonds is 5. The Bertz CT molecular complexity index is 614. The average Bonchev–Trinajstić information content (AvgIpc) is 2.51. The molecule has 0 aliphatic rings. The molecule has 1 heterocycles. The van der Waals surface area contributed by atoms with Gasteiger partial charge < -0.3 is 10.1 Å². The highest BCUT2D eigenvalue weighted by Crippen LogP contribution is 2.26. The third-order valence-corrected chi connectivity index (χ3v) is 3.46. The summed E-state index contributed by atoms with van der Waals surface area (Å²) in [6.07, 6.45) is 2.08. The van der Waals surface area contributed by atoms with Gasteiger partial charge in [0.2, 0.25) is 5.88 Å². The van der Waals surface area contributed by atoms with Crippen molar-refractivity contribution in [3.63, 3.8) is 0 Å². The summed E-state index contributed by atoms with van der Waals surface area (Å²) in [7, 11) is 3.22. The number of halogens is 2. The van der Waals surface area contributed by atoms with E-state index >= 15 is 0 Å². The monoisotopic (exact) mass is 292 g/mol. The summed E-state index contributed by atoms with van der Waals surface area (Å²) >= 11 is 0. The second kappa shape index (κ2) is 6.63. The van der Waals surface area contributed by atoms with Crippen LogP contribution in [0.2, 0.25) is 0 Å². The van der Waals surface area contributed by atoms with Gasteiger partial charge in [0.25, 0.3) is 0 Å². The van der Waals surface area contributed by atoms with Crippen LogP contribution >= 0.6 is 0 Å². The zero-order chi connectivity index (χ0) is 15.4. The van der Waals surface area contributed by atoms with Gasteiger partial charge in [-0.1, -0.05) is 12.1 Å². The molecule has 1 aromatic carbocycles. The van der Waals surface area contributed by atoms with Gasteiger partial charge in [0.05, 0.1) is 7.11 Å². The molecule has 112 valence electrons. The number of methoxy groups -OCH3 is 1. The van der Waals surface area contributed by atoms with Crippen LogP contribution in [0.15, 0.2) is 30.5 Å². The largest absolute Gasteiger partial charge is 0.481 e. The Morgan fingerprint density at radius 1 is 1.24 bits per heavy atom. The van der Waals surface area contributed by atoms with Crippen molar-refractivity contribution in [1.29, 1.82) is 0 Å². The van der Waals surface area contributed by atoms with E-state index in [2.05, 4.69) is 10.3 Å². The summed E-state index contributed by atoms with van der Waals surface area (Å²) in [5, 5.41) is 2.97. The summed E-state index contributed by atoms with van der Waals surface area (Å²) in [4.78, 5) is 4.10. The third-order valence-electron chi connectivity index (χ3n) is 3.46. The predicted molar refractivity (Wildman–Crippen MR) is 77.4 cm³/mol. The Kier molecular flexibility index (Phi) is 4.85. The van der Waals surface area contributed by atoms with Crippen LogP contribution in [0.3, 0.4) is 0 Å². The molecule has 0 spiro atoms. The van der Waals surface area contributed by atoms with E-state index in [1.54, 1.807) is 26.2 Å². The molecule has 5 heteroatoms. The minimum atomic E-state index is -0.543. The molecule has 0 aliphatic carbocycles. The van der Waals surface area contributed by atoms with Crippen molar-refractivity contribution in [2.45, 2.75) is 19.4 Å². The van der Waals surface area contributed by atoms with Crippen molar-refractivity contribution < 1.29 is 13.5 Å². The number of hydrogen-bond donors (Lipinski definition) is 1. The van der Waals surface area contributed by atoms with E-state index in [0.29, 0.717) is 17.9 Å². The van der Waals surface area contributed by atoms with Gasteiger partial charge in [0.1, 0.15) is 11.6 Å². The van der Waals surface area contributed by atoms with Gasteiger partial charge in [0.15, 0.2) is 0 Å². The van der Waals surface area contributed by atoms with Gasteiger partial charge in [-0.25, -0.2) is 13.8 Å². The van der Waals surface area contributed by atoms with Gasteiger partial charge in [-0.2, -0.15) is 0 Å². The highest BCUT2D eigenvalue weighted by atomic mass is 19.1. The number of benzene rings is 1. The summed E-state index contributed by atoms with van der Waals surface area (Å²) in [6.45, 7) is 1.62. The molecule has 0 aliphatic heterocycles. The number of nitrogens with zero attached hydrogens (tertiary/aromatic N) is 1. The normalized spacial score (nSPS) is 12.2. The number of aromatic nitrogens is 1. The zero-order valence-electron chi connectivity index (χ0n) is 12.3. The molecule has 0 fully saturated rings. The first-order chi connectivity index (χ1) is 10.1. The number of ether oxygens (including phenoxy) is 1. The number of likely N-dealkylation sites (N-methyl/N-ethyl adjacent to an activating group) is 1. The van der Waals surface area contributed by atoms with Crippen LogP contribution in [0.25, 0.3) is 0 Å². The van der Waals surface area contributed by atoms with Gasteiger partial charge in [-0.05, 0) is 37.6 Å². The van der Waals surface area contributed by atoms with Crippen molar-refractivity contribution in [3.8, 4) is 5.88 Å². The minimum absolute atomic E-state index is 0.0633. The first-order valence-corrected chi connectivity index (χ1v) is 6.67. The standard InChI is InChI=1S/C16H18F2N2O/c1-10-4-6-12(17)15(16(10)18)13(19-2)8-11-5-7-14(21-3)20-9-11/h4-7,9,13,19H,8H2,1-3H3. The van der Waals surface area contributed by atoms with Crippen LogP contribution in [0.1, 0.15) is 22.7 Å². The molecule has 0 bridgehead atoms. The van der Waals surface area contributed by atoms with E-state index in [1.165, 1.54) is 19.2 Å². The number of aryl methyl sites for hydroxylation is 1. The molecule has 0 amide bonds. The van der Waals surface area contributed by atoms with Gasteiger partial charge in [-0.15, -0.1) is 0 Å². The molecule has 2 rings (SSSR count). The van der Waals surface area contributed by atoms with Gasteiger partial charge >= 0.3 is 0 Å². The fourth-order valence-corrected chi connectivity index (χ4v) is 2.23. The lowest BCUT2D eigenvalue weighted by Gasteiger charge is -2.19. The Hall–Kier alpha value is -2.01. The SMILES string of the molecule is CNC(Cc1ccc(OC)nc1)c1c(F)ccc(C)c1F. The van der Waals surface area contributed by atoms with E-state index in [1.807, 2.05) is 6.07 Å². The van der Waals surface area contributed by atoms with Crippen molar-refractivity contribution in [2.24, 2.45) is 0 Å². The van der Waals surface area contributed by atoms with Crippen LogP contribution < -0.4 is 10.1 Å².